The van der Waals surface area contributed by atoms with Crippen LogP contribution in [-0.4, -0.2) is 52.9 Å². The van der Waals surface area contributed by atoms with Gasteiger partial charge in [0.15, 0.2) is 5.60 Å². The highest BCUT2D eigenvalue weighted by molar-refractivity contribution is 6.01. The van der Waals surface area contributed by atoms with E-state index in [1.807, 2.05) is 36.4 Å². The van der Waals surface area contributed by atoms with Crippen LogP contribution in [0.2, 0.25) is 0 Å². The van der Waals surface area contributed by atoms with Crippen molar-refractivity contribution in [3.8, 4) is 17.2 Å². The molecule has 3 amide bonds. The minimum Gasteiger partial charge on any atom is -0.372 e. The Morgan fingerprint density at radius 2 is 1.76 bits per heavy atom. The molecule has 6 rings (SSSR count). The van der Waals surface area contributed by atoms with Crippen molar-refractivity contribution in [3.05, 3.63) is 59.7 Å². The second-order valence-electron chi connectivity index (χ2n) is 11.1. The summed E-state index contributed by atoms with van der Waals surface area (Å²) in [5, 5.41) is 27.6. The van der Waals surface area contributed by atoms with Crippen LogP contribution in [-0.2, 0) is 20.0 Å². The zero-order chi connectivity index (χ0) is 26.4. The number of aliphatic hydroxyl groups is 1. The number of carbonyl (C=O) groups is 3. The largest absolute Gasteiger partial charge is 0.372 e. The number of carbonyl (C=O) groups excluding carboxylic acids is 3. The molecule has 8 nitrogen and oxygen atoms in total. The van der Waals surface area contributed by atoms with Gasteiger partial charge in [0.05, 0.1) is 6.07 Å². The van der Waals surface area contributed by atoms with Gasteiger partial charge >= 0.3 is 0 Å². The van der Waals surface area contributed by atoms with Crippen molar-refractivity contribution in [3.63, 3.8) is 0 Å². The van der Waals surface area contributed by atoms with Gasteiger partial charge in [0, 0.05) is 30.1 Å². The van der Waals surface area contributed by atoms with Gasteiger partial charge in [-0.3, -0.25) is 14.4 Å². The maximum absolute atomic E-state index is 14.3. The number of rotatable bonds is 5. The molecule has 2 heterocycles. The number of fused-ring (bicyclic) bond motifs is 4. The van der Waals surface area contributed by atoms with E-state index in [1.54, 1.807) is 17.0 Å². The van der Waals surface area contributed by atoms with Crippen LogP contribution in [0.25, 0.3) is 11.1 Å². The molecular formula is C30H32N4O4. The Balaban J connectivity index is 1.30. The second-order valence-corrected chi connectivity index (χ2v) is 11.1. The third kappa shape index (κ3) is 3.80. The predicted octanol–water partition coefficient (Wildman–Crippen LogP) is 2.45. The molecule has 1 saturated carbocycles. The number of nitrogens with zero attached hydrogens (tertiary/aromatic N) is 2. The van der Waals surface area contributed by atoms with Crippen LogP contribution in [0.3, 0.4) is 0 Å². The van der Waals surface area contributed by atoms with Crippen molar-refractivity contribution in [2.24, 2.45) is 17.8 Å². The summed E-state index contributed by atoms with van der Waals surface area (Å²) in [6.07, 6.45) is 4.51. The molecule has 2 aliphatic carbocycles. The fraction of sp³-hybridized carbons (Fsp3) is 0.467. The minimum atomic E-state index is -1.89. The molecule has 3 fully saturated rings. The van der Waals surface area contributed by atoms with Crippen LogP contribution in [0.4, 0.5) is 0 Å². The van der Waals surface area contributed by atoms with E-state index in [1.165, 1.54) is 0 Å². The number of nitriles is 1. The topological polar surface area (TPSA) is 123 Å². The van der Waals surface area contributed by atoms with Gasteiger partial charge in [-0.1, -0.05) is 55.0 Å². The maximum atomic E-state index is 14.3. The number of amides is 3. The summed E-state index contributed by atoms with van der Waals surface area (Å²) in [6.45, 7) is 1.03. The smallest absolute Gasteiger partial charge is 0.264 e. The molecule has 5 atom stereocenters. The van der Waals surface area contributed by atoms with Crippen molar-refractivity contribution in [2.45, 2.75) is 56.2 Å². The van der Waals surface area contributed by atoms with Crippen molar-refractivity contribution in [1.29, 1.82) is 5.26 Å². The lowest BCUT2D eigenvalue weighted by atomic mass is 9.88. The van der Waals surface area contributed by atoms with Crippen LogP contribution in [0, 0.1) is 29.1 Å². The van der Waals surface area contributed by atoms with Gasteiger partial charge in [-0.2, -0.15) is 5.26 Å². The lowest BCUT2D eigenvalue weighted by Crippen LogP contribution is -2.55. The molecule has 2 aromatic rings. The summed E-state index contributed by atoms with van der Waals surface area (Å²) in [6, 6.07) is 15.3. The van der Waals surface area contributed by atoms with Crippen LogP contribution in [0.5, 0.6) is 0 Å². The fourth-order valence-corrected chi connectivity index (χ4v) is 7.25. The summed E-state index contributed by atoms with van der Waals surface area (Å²) in [5.74, 6) is -1.12. The first-order valence-corrected chi connectivity index (χ1v) is 13.6. The van der Waals surface area contributed by atoms with Gasteiger partial charge in [-0.15, -0.1) is 0 Å². The van der Waals surface area contributed by atoms with E-state index in [2.05, 4.69) is 16.7 Å². The van der Waals surface area contributed by atoms with E-state index in [9.17, 15) is 24.8 Å². The molecule has 2 saturated heterocycles. The van der Waals surface area contributed by atoms with Crippen molar-refractivity contribution in [1.82, 2.24) is 15.5 Å². The second kappa shape index (κ2) is 9.55. The Kier molecular flexibility index (Phi) is 6.19. The van der Waals surface area contributed by atoms with Crippen LogP contribution in [0.1, 0.15) is 49.7 Å². The third-order valence-corrected chi connectivity index (χ3v) is 9.05. The van der Waals surface area contributed by atoms with E-state index in [4.69, 9.17) is 0 Å². The monoisotopic (exact) mass is 512 g/mol. The highest BCUT2D eigenvalue weighted by Crippen LogP contribution is 2.50. The highest BCUT2D eigenvalue weighted by atomic mass is 16.3. The molecule has 0 bridgehead atoms. The number of hydrogen-bond acceptors (Lipinski definition) is 5. The summed E-state index contributed by atoms with van der Waals surface area (Å²) < 4.78 is 0. The quantitative estimate of drug-likeness (QED) is 0.568. The summed E-state index contributed by atoms with van der Waals surface area (Å²) in [4.78, 5) is 41.9. The lowest BCUT2D eigenvalue weighted by molar-refractivity contribution is -0.152. The Labute approximate surface area is 222 Å². The van der Waals surface area contributed by atoms with Crippen LogP contribution < -0.4 is 10.6 Å². The van der Waals surface area contributed by atoms with Crippen molar-refractivity contribution in [2.75, 3.05) is 13.1 Å². The van der Waals surface area contributed by atoms with Crippen molar-refractivity contribution >= 4 is 17.7 Å². The molecular weight excluding hydrogens is 480 g/mol. The molecule has 38 heavy (non-hydrogen) atoms. The summed E-state index contributed by atoms with van der Waals surface area (Å²) in [7, 11) is 0. The van der Waals surface area contributed by atoms with Gasteiger partial charge < -0.3 is 20.6 Å². The summed E-state index contributed by atoms with van der Waals surface area (Å²) in [5.41, 5.74) is 0.796. The molecule has 0 radical (unpaired) electrons. The first-order valence-electron chi connectivity index (χ1n) is 13.6. The minimum absolute atomic E-state index is 0.0215. The normalized spacial score (nSPS) is 27.5. The standard InChI is InChI=1S/C30H32N4O4/c31-16-20(15-18-8-6-14-32-27(18)35)33-28(36)26-21-11-5-7-19(21)17-34(26)29(37)30(38)24-12-3-1-9-22(24)23-10-2-4-13-25(23)30/h1-4,9-10,12-13,18-21,26,38H,5-8,11,14-15,17H2,(H,32,35)(H,33,36)/t18-,19-,20-,21-,26-/m1/s1. The summed E-state index contributed by atoms with van der Waals surface area (Å²) >= 11 is 0. The van der Waals surface area contributed by atoms with E-state index in [0.29, 0.717) is 30.6 Å². The predicted molar refractivity (Wildman–Crippen MR) is 139 cm³/mol. The molecule has 8 heteroatoms. The Morgan fingerprint density at radius 3 is 2.42 bits per heavy atom. The number of piperidine rings is 1. The highest BCUT2D eigenvalue weighted by Gasteiger charge is 2.56. The van der Waals surface area contributed by atoms with Gasteiger partial charge in [0.2, 0.25) is 11.8 Å². The molecule has 2 aliphatic heterocycles. The number of benzene rings is 2. The number of nitrogens with one attached hydrogen (secondary N) is 2. The van der Waals surface area contributed by atoms with Gasteiger partial charge in [0.1, 0.15) is 12.1 Å². The fourth-order valence-electron chi connectivity index (χ4n) is 7.25. The van der Waals surface area contributed by atoms with E-state index < -0.39 is 23.6 Å². The van der Waals surface area contributed by atoms with Crippen LogP contribution >= 0.6 is 0 Å². The Hall–Kier alpha value is -3.70. The molecule has 3 N–H and O–H groups in total. The Morgan fingerprint density at radius 1 is 1.08 bits per heavy atom. The number of likely N-dealkylation sites (tertiary alicyclic amines) is 1. The SMILES string of the molecule is N#C[C@@H](C[C@H]1CCCNC1=O)NC(=O)[C@H]1[C@@H]2CCC[C@@H]2CN1C(=O)C1(O)c2ccccc2-c2ccccc21. The van der Waals surface area contributed by atoms with E-state index in [-0.39, 0.29) is 36.0 Å². The van der Waals surface area contributed by atoms with E-state index >= 15 is 0 Å². The molecule has 196 valence electrons. The molecule has 0 spiro atoms. The van der Waals surface area contributed by atoms with Gasteiger partial charge in [-0.25, -0.2) is 0 Å². The Bertz CT molecular complexity index is 1290. The average molecular weight is 513 g/mol. The lowest BCUT2D eigenvalue weighted by Gasteiger charge is -2.34. The van der Waals surface area contributed by atoms with Crippen molar-refractivity contribution < 1.29 is 19.5 Å². The molecule has 4 aliphatic rings. The third-order valence-electron chi connectivity index (χ3n) is 9.05. The maximum Gasteiger partial charge on any atom is 0.264 e. The zero-order valence-corrected chi connectivity index (χ0v) is 21.2. The molecule has 0 unspecified atom stereocenters. The zero-order valence-electron chi connectivity index (χ0n) is 21.2. The van der Waals surface area contributed by atoms with E-state index in [0.717, 1.165) is 36.8 Å². The number of hydrogen-bond donors (Lipinski definition) is 3. The van der Waals surface area contributed by atoms with Gasteiger partial charge in [-0.05, 0) is 55.1 Å². The first-order chi connectivity index (χ1) is 18.4. The first kappa shape index (κ1) is 24.6. The molecule has 2 aromatic carbocycles. The average Bonchev–Trinajstić information content (AvgIpc) is 3.61. The van der Waals surface area contributed by atoms with Gasteiger partial charge in [0.25, 0.3) is 5.91 Å². The van der Waals surface area contributed by atoms with Crippen LogP contribution in [0.15, 0.2) is 48.5 Å². The molecule has 0 aromatic heterocycles.